The molecule has 0 spiro atoms. The molecule has 1 aromatic heterocycles. The fourth-order valence-corrected chi connectivity index (χ4v) is 2.29. The molecular formula is C17H14F2N2O2. The van der Waals surface area contributed by atoms with Crippen LogP contribution in [0.25, 0.3) is 10.9 Å². The summed E-state index contributed by atoms with van der Waals surface area (Å²) in [6.45, 7) is -0.111. The molecule has 6 heteroatoms. The summed E-state index contributed by atoms with van der Waals surface area (Å²) in [5, 5.41) is 0.794. The van der Waals surface area contributed by atoms with Crippen LogP contribution in [-0.4, -0.2) is 12.1 Å². The molecule has 3 rings (SSSR count). The number of nitrogens with two attached hydrogens (primary N) is 1. The van der Waals surface area contributed by atoms with E-state index in [1.807, 2.05) is 6.07 Å². The number of nitrogens with zero attached hydrogens (tertiary/aromatic N) is 1. The molecule has 0 saturated heterocycles. The van der Waals surface area contributed by atoms with E-state index in [-0.39, 0.29) is 23.8 Å². The maximum absolute atomic E-state index is 14.1. The molecule has 0 unspecified atom stereocenters. The Balaban J connectivity index is 1.95. The Morgan fingerprint density at radius 3 is 2.70 bits per heavy atom. The zero-order valence-electron chi connectivity index (χ0n) is 12.3. The highest BCUT2D eigenvalue weighted by Gasteiger charge is 2.13. The van der Waals surface area contributed by atoms with Crippen molar-refractivity contribution >= 4 is 16.6 Å². The largest absolute Gasteiger partial charge is 0.493 e. The molecule has 0 saturated carbocycles. The number of ether oxygens (including phenoxy) is 2. The fraction of sp³-hybridized carbons (Fsp3) is 0.118. The van der Waals surface area contributed by atoms with E-state index in [1.54, 1.807) is 18.3 Å². The summed E-state index contributed by atoms with van der Waals surface area (Å²) < 4.78 is 38.4. The minimum Gasteiger partial charge on any atom is -0.493 e. The van der Waals surface area contributed by atoms with E-state index in [4.69, 9.17) is 15.2 Å². The number of fused-ring (bicyclic) bond motifs is 1. The van der Waals surface area contributed by atoms with Crippen molar-refractivity contribution in [1.82, 2.24) is 4.98 Å². The number of hydrogen-bond donors (Lipinski definition) is 1. The third-order valence-corrected chi connectivity index (χ3v) is 3.48. The maximum Gasteiger partial charge on any atom is 0.164 e. The van der Waals surface area contributed by atoms with E-state index in [2.05, 4.69) is 4.98 Å². The smallest absolute Gasteiger partial charge is 0.164 e. The van der Waals surface area contributed by atoms with Crippen molar-refractivity contribution in [3.63, 3.8) is 0 Å². The number of anilines is 1. The van der Waals surface area contributed by atoms with Crippen molar-refractivity contribution in [2.24, 2.45) is 0 Å². The van der Waals surface area contributed by atoms with Crippen LogP contribution in [0.15, 0.2) is 42.6 Å². The second-order valence-electron chi connectivity index (χ2n) is 4.91. The summed E-state index contributed by atoms with van der Waals surface area (Å²) in [6.07, 6.45) is 1.58. The highest BCUT2D eigenvalue weighted by molar-refractivity contribution is 5.81. The zero-order chi connectivity index (χ0) is 16.4. The minimum absolute atomic E-state index is 0.0489. The van der Waals surface area contributed by atoms with Crippen molar-refractivity contribution in [3.05, 3.63) is 59.8 Å². The number of benzene rings is 2. The summed E-state index contributed by atoms with van der Waals surface area (Å²) in [7, 11) is 1.42. The molecule has 0 atom stereocenters. The summed E-state index contributed by atoms with van der Waals surface area (Å²) in [6, 6.07) is 9.03. The Morgan fingerprint density at radius 1 is 1.09 bits per heavy atom. The minimum atomic E-state index is -0.627. The number of nitrogen functional groups attached to an aromatic ring is 1. The second-order valence-corrected chi connectivity index (χ2v) is 4.91. The van der Waals surface area contributed by atoms with E-state index in [0.717, 1.165) is 11.5 Å². The first-order valence-corrected chi connectivity index (χ1v) is 6.88. The number of hydrogen-bond acceptors (Lipinski definition) is 4. The molecule has 0 aliphatic heterocycles. The van der Waals surface area contributed by atoms with Crippen LogP contribution < -0.4 is 15.2 Å². The average molecular weight is 316 g/mol. The number of methoxy groups -OCH3 is 1. The summed E-state index contributed by atoms with van der Waals surface area (Å²) >= 11 is 0. The van der Waals surface area contributed by atoms with Crippen molar-refractivity contribution in [3.8, 4) is 11.5 Å². The number of halogens is 2. The lowest BCUT2D eigenvalue weighted by molar-refractivity contribution is 0.279. The van der Waals surface area contributed by atoms with Gasteiger partial charge in [0.05, 0.1) is 23.9 Å². The van der Waals surface area contributed by atoms with E-state index in [1.165, 1.54) is 19.2 Å². The Hall–Kier alpha value is -2.89. The summed E-state index contributed by atoms with van der Waals surface area (Å²) in [5.41, 5.74) is 6.24. The third kappa shape index (κ3) is 2.88. The van der Waals surface area contributed by atoms with Gasteiger partial charge in [-0.3, -0.25) is 4.98 Å². The van der Waals surface area contributed by atoms with Gasteiger partial charge < -0.3 is 15.2 Å². The van der Waals surface area contributed by atoms with Crippen LogP contribution in [0.2, 0.25) is 0 Å². The first kappa shape index (κ1) is 15.0. The highest BCUT2D eigenvalue weighted by atomic mass is 19.1. The molecule has 23 heavy (non-hydrogen) atoms. The van der Waals surface area contributed by atoms with Gasteiger partial charge in [-0.25, -0.2) is 8.78 Å². The average Bonchev–Trinajstić information content (AvgIpc) is 2.56. The zero-order valence-corrected chi connectivity index (χ0v) is 12.3. The number of rotatable bonds is 4. The third-order valence-electron chi connectivity index (χ3n) is 3.48. The first-order valence-electron chi connectivity index (χ1n) is 6.88. The maximum atomic E-state index is 14.1. The van der Waals surface area contributed by atoms with E-state index in [0.29, 0.717) is 11.1 Å². The molecule has 118 valence electrons. The predicted octanol–water partition coefficient (Wildman–Crippen LogP) is 3.68. The Morgan fingerprint density at radius 2 is 1.91 bits per heavy atom. The van der Waals surface area contributed by atoms with E-state index >= 15 is 0 Å². The Bertz CT molecular complexity index is 869. The highest BCUT2D eigenvalue weighted by Crippen LogP contribution is 2.32. The van der Waals surface area contributed by atoms with Gasteiger partial charge in [0.25, 0.3) is 0 Å². The quantitative estimate of drug-likeness (QED) is 0.746. The lowest BCUT2D eigenvalue weighted by Gasteiger charge is -2.13. The van der Waals surface area contributed by atoms with Gasteiger partial charge in [0.1, 0.15) is 18.2 Å². The van der Waals surface area contributed by atoms with Gasteiger partial charge in [-0.15, -0.1) is 0 Å². The van der Waals surface area contributed by atoms with Crippen LogP contribution in [0.1, 0.15) is 5.56 Å². The lowest BCUT2D eigenvalue weighted by atomic mass is 10.1. The van der Waals surface area contributed by atoms with E-state index in [9.17, 15) is 8.78 Å². The van der Waals surface area contributed by atoms with Gasteiger partial charge in [0.2, 0.25) is 0 Å². The van der Waals surface area contributed by atoms with Crippen LogP contribution in [0.5, 0.6) is 11.5 Å². The Kier molecular flexibility index (Phi) is 3.97. The standard InChI is InChI=1S/C17H14F2N2O2/c1-22-15-8-14(20)13(19)7-16(15)23-9-11-12(18)5-4-10-3-2-6-21-17(10)11/h2-8H,9,20H2,1H3. The molecule has 4 nitrogen and oxygen atoms in total. The van der Waals surface area contributed by atoms with Crippen molar-refractivity contribution in [2.75, 3.05) is 12.8 Å². The van der Waals surface area contributed by atoms with Crippen LogP contribution in [0.3, 0.4) is 0 Å². The molecule has 0 fully saturated rings. The second kappa shape index (κ2) is 6.08. The number of pyridine rings is 1. The van der Waals surface area contributed by atoms with Crippen LogP contribution in [-0.2, 0) is 6.61 Å². The normalized spacial score (nSPS) is 10.7. The van der Waals surface area contributed by atoms with Gasteiger partial charge in [-0.1, -0.05) is 6.07 Å². The summed E-state index contributed by atoms with van der Waals surface area (Å²) in [5.74, 6) is -0.646. The predicted molar refractivity (Wildman–Crippen MR) is 83.4 cm³/mol. The first-order chi connectivity index (χ1) is 11.1. The molecule has 2 N–H and O–H groups in total. The molecule has 0 radical (unpaired) electrons. The van der Waals surface area contributed by atoms with Crippen molar-refractivity contribution < 1.29 is 18.3 Å². The SMILES string of the molecule is COc1cc(N)c(F)cc1OCc1c(F)ccc2cccnc12. The van der Waals surface area contributed by atoms with Gasteiger partial charge >= 0.3 is 0 Å². The Labute approximate surface area is 131 Å². The monoisotopic (exact) mass is 316 g/mol. The lowest BCUT2D eigenvalue weighted by Crippen LogP contribution is -2.03. The van der Waals surface area contributed by atoms with Crippen LogP contribution in [0.4, 0.5) is 14.5 Å². The summed E-state index contributed by atoms with van der Waals surface area (Å²) in [4.78, 5) is 4.18. The van der Waals surface area contributed by atoms with Crippen LogP contribution in [0, 0.1) is 11.6 Å². The molecule has 0 amide bonds. The molecule has 2 aromatic carbocycles. The molecule has 3 aromatic rings. The molecule has 1 heterocycles. The number of aromatic nitrogens is 1. The molecular weight excluding hydrogens is 302 g/mol. The van der Waals surface area contributed by atoms with Crippen LogP contribution >= 0.6 is 0 Å². The topological polar surface area (TPSA) is 57.4 Å². The van der Waals surface area contributed by atoms with Gasteiger partial charge in [-0.2, -0.15) is 0 Å². The van der Waals surface area contributed by atoms with Gasteiger partial charge in [0, 0.05) is 23.7 Å². The fourth-order valence-electron chi connectivity index (χ4n) is 2.29. The van der Waals surface area contributed by atoms with Gasteiger partial charge in [-0.05, 0) is 18.2 Å². The van der Waals surface area contributed by atoms with Crippen molar-refractivity contribution in [2.45, 2.75) is 6.61 Å². The van der Waals surface area contributed by atoms with E-state index < -0.39 is 11.6 Å². The molecule has 0 aliphatic rings. The van der Waals surface area contributed by atoms with Crippen molar-refractivity contribution in [1.29, 1.82) is 0 Å². The molecule has 0 aliphatic carbocycles. The molecule has 0 bridgehead atoms. The van der Waals surface area contributed by atoms with Gasteiger partial charge in [0.15, 0.2) is 11.5 Å².